The van der Waals surface area contributed by atoms with Gasteiger partial charge >= 0.3 is 0 Å². The number of benzene rings is 4. The monoisotopic (exact) mass is 458 g/mol. The van der Waals surface area contributed by atoms with Crippen molar-refractivity contribution in [3.63, 3.8) is 0 Å². The first-order chi connectivity index (χ1) is 16.4. The zero-order chi connectivity index (χ0) is 24.1. The normalized spacial score (nSPS) is 10.8. The van der Waals surface area contributed by atoms with E-state index in [1.807, 2.05) is 42.5 Å². The van der Waals surface area contributed by atoms with Crippen LogP contribution in [0.25, 0.3) is 0 Å². The molecule has 6 heteroatoms. The van der Waals surface area contributed by atoms with Gasteiger partial charge in [0.25, 0.3) is 0 Å². The van der Waals surface area contributed by atoms with Crippen LogP contribution in [0, 0.1) is 0 Å². The van der Waals surface area contributed by atoms with Crippen LogP contribution in [0.2, 0.25) is 0 Å². The van der Waals surface area contributed by atoms with Crippen molar-refractivity contribution in [3.05, 3.63) is 101 Å². The molecule has 4 aromatic carbocycles. The number of aryl methyl sites for hydroxylation is 4. The van der Waals surface area contributed by atoms with Gasteiger partial charge < -0.3 is 30.3 Å². The third-order valence-electron chi connectivity index (χ3n) is 5.59. The second-order valence-corrected chi connectivity index (χ2v) is 8.20. The van der Waals surface area contributed by atoms with E-state index >= 15 is 0 Å². The van der Waals surface area contributed by atoms with Crippen molar-refractivity contribution in [3.8, 4) is 40.2 Å². The molecule has 0 atom stereocenters. The fourth-order valence-corrected chi connectivity index (χ4v) is 3.79. The summed E-state index contributed by atoms with van der Waals surface area (Å²) in [4.78, 5) is 0. The topological polar surface area (TPSA) is 110 Å². The van der Waals surface area contributed by atoms with E-state index in [2.05, 4.69) is 0 Å². The highest BCUT2D eigenvalue weighted by Crippen LogP contribution is 2.36. The number of hydrogen-bond acceptors (Lipinski definition) is 6. The van der Waals surface area contributed by atoms with E-state index in [4.69, 9.17) is 4.74 Å². The summed E-state index contributed by atoms with van der Waals surface area (Å²) in [6, 6.07) is 22.9. The lowest BCUT2D eigenvalue weighted by molar-refractivity contribution is 0.367. The van der Waals surface area contributed by atoms with Crippen LogP contribution in [0.3, 0.4) is 0 Å². The predicted molar refractivity (Wildman–Crippen MR) is 129 cm³/mol. The van der Waals surface area contributed by atoms with Crippen LogP contribution in [0.1, 0.15) is 22.3 Å². The Labute approximate surface area is 197 Å². The van der Waals surface area contributed by atoms with Crippen LogP contribution in [0.4, 0.5) is 0 Å². The van der Waals surface area contributed by atoms with Crippen LogP contribution >= 0.6 is 0 Å². The number of aromatic hydroxyl groups is 5. The molecule has 0 saturated carbocycles. The number of rotatable bonds is 8. The van der Waals surface area contributed by atoms with Crippen molar-refractivity contribution in [2.75, 3.05) is 0 Å². The lowest BCUT2D eigenvalue weighted by Crippen LogP contribution is -1.94. The van der Waals surface area contributed by atoms with E-state index < -0.39 is 5.75 Å². The van der Waals surface area contributed by atoms with E-state index in [9.17, 15) is 25.5 Å². The van der Waals surface area contributed by atoms with Gasteiger partial charge in [-0.2, -0.15) is 0 Å². The Bertz CT molecular complexity index is 1270. The van der Waals surface area contributed by atoms with Crippen LogP contribution in [-0.4, -0.2) is 25.5 Å². The maximum absolute atomic E-state index is 10.5. The summed E-state index contributed by atoms with van der Waals surface area (Å²) in [5.74, 6) is -0.0463. The highest BCUT2D eigenvalue weighted by Gasteiger charge is 2.10. The molecule has 6 nitrogen and oxygen atoms in total. The molecule has 4 aromatic rings. The lowest BCUT2D eigenvalue weighted by atomic mass is 10.0. The van der Waals surface area contributed by atoms with Gasteiger partial charge in [-0.15, -0.1) is 0 Å². The fraction of sp³-hybridized carbons (Fsp3) is 0.143. The minimum absolute atomic E-state index is 0.0130. The highest BCUT2D eigenvalue weighted by molar-refractivity contribution is 5.51. The largest absolute Gasteiger partial charge is 0.508 e. The Kier molecular flexibility index (Phi) is 6.78. The van der Waals surface area contributed by atoms with Gasteiger partial charge in [-0.05, 0) is 96.5 Å². The summed E-state index contributed by atoms with van der Waals surface area (Å²) in [6.07, 6.45) is 2.63. The van der Waals surface area contributed by atoms with Gasteiger partial charge in [0.05, 0.1) is 0 Å². The first-order valence-electron chi connectivity index (χ1n) is 11.0. The van der Waals surface area contributed by atoms with E-state index in [-0.39, 0.29) is 23.0 Å². The Morgan fingerprint density at radius 2 is 1.06 bits per heavy atom. The van der Waals surface area contributed by atoms with Crippen molar-refractivity contribution in [1.82, 2.24) is 0 Å². The molecule has 0 aliphatic heterocycles. The van der Waals surface area contributed by atoms with Crippen LogP contribution in [-0.2, 0) is 25.7 Å². The summed E-state index contributed by atoms with van der Waals surface area (Å²) < 4.78 is 5.90. The smallest absolute Gasteiger partial charge is 0.200 e. The molecule has 0 spiro atoms. The second kappa shape index (κ2) is 10.1. The first-order valence-corrected chi connectivity index (χ1v) is 11.0. The van der Waals surface area contributed by atoms with Crippen LogP contribution < -0.4 is 4.74 Å². The summed E-state index contributed by atoms with van der Waals surface area (Å²) >= 11 is 0. The van der Waals surface area contributed by atoms with Gasteiger partial charge in [-0.3, -0.25) is 0 Å². The molecule has 5 N–H and O–H groups in total. The molecule has 0 amide bonds. The molecule has 174 valence electrons. The molecule has 0 saturated heterocycles. The molecule has 0 heterocycles. The number of ether oxygens (including phenoxy) is 1. The van der Waals surface area contributed by atoms with E-state index in [0.717, 1.165) is 29.5 Å². The summed E-state index contributed by atoms with van der Waals surface area (Å²) in [5, 5.41) is 48.8. The molecule has 0 radical (unpaired) electrons. The van der Waals surface area contributed by atoms with Crippen molar-refractivity contribution >= 4 is 0 Å². The zero-order valence-electron chi connectivity index (χ0n) is 18.5. The second-order valence-electron chi connectivity index (χ2n) is 8.20. The zero-order valence-corrected chi connectivity index (χ0v) is 18.5. The molecule has 0 fully saturated rings. The molecule has 0 unspecified atom stereocenters. The van der Waals surface area contributed by atoms with E-state index in [1.165, 1.54) is 12.1 Å². The summed E-state index contributed by atoms with van der Waals surface area (Å²) in [5.41, 5.74) is 3.65. The third-order valence-corrected chi connectivity index (χ3v) is 5.59. The minimum Gasteiger partial charge on any atom is -0.508 e. The van der Waals surface area contributed by atoms with Crippen molar-refractivity contribution in [2.24, 2.45) is 0 Å². The fourth-order valence-electron chi connectivity index (χ4n) is 3.79. The summed E-state index contributed by atoms with van der Waals surface area (Å²) in [7, 11) is 0. The highest BCUT2D eigenvalue weighted by atomic mass is 16.5. The van der Waals surface area contributed by atoms with Gasteiger partial charge in [0.2, 0.25) is 0 Å². The Morgan fingerprint density at radius 1 is 0.500 bits per heavy atom. The molecule has 0 bridgehead atoms. The van der Waals surface area contributed by atoms with Gasteiger partial charge in [-0.25, -0.2) is 0 Å². The van der Waals surface area contributed by atoms with Gasteiger partial charge in [-0.1, -0.05) is 30.3 Å². The first kappa shape index (κ1) is 22.9. The SMILES string of the molecule is Oc1cccc(CCc2cccc(Oc3ccc(CCc4cc(O)c(O)c(O)c4)cc3O)c2)c1. The Hall–Kier alpha value is -4.32. The minimum atomic E-state index is -0.536. The maximum atomic E-state index is 10.5. The van der Waals surface area contributed by atoms with Crippen molar-refractivity contribution < 1.29 is 30.3 Å². The van der Waals surface area contributed by atoms with Gasteiger partial charge in [0.1, 0.15) is 11.5 Å². The van der Waals surface area contributed by atoms with E-state index in [1.54, 1.807) is 24.3 Å². The van der Waals surface area contributed by atoms with Gasteiger partial charge in [0.15, 0.2) is 28.7 Å². The predicted octanol–water partition coefficient (Wildman–Crippen LogP) is 5.58. The molecule has 0 aliphatic rings. The molecular weight excluding hydrogens is 432 g/mol. The Morgan fingerprint density at radius 3 is 1.71 bits per heavy atom. The molecular formula is C28H26O6. The lowest BCUT2D eigenvalue weighted by Gasteiger charge is -2.11. The summed E-state index contributed by atoms with van der Waals surface area (Å²) in [6.45, 7) is 0. The van der Waals surface area contributed by atoms with Crippen molar-refractivity contribution in [2.45, 2.75) is 25.7 Å². The quantitative estimate of drug-likeness (QED) is 0.221. The van der Waals surface area contributed by atoms with E-state index in [0.29, 0.717) is 29.9 Å². The molecule has 34 heavy (non-hydrogen) atoms. The molecule has 0 aromatic heterocycles. The standard InChI is InChI=1S/C28H26O6/c29-22-5-1-3-18(13-22)7-8-19-4-2-6-23(14-19)34-27-12-11-20(15-24(27)30)9-10-21-16-25(31)28(33)26(32)17-21/h1-6,11-17,29-33H,7-10H2. The molecule has 4 rings (SSSR count). The Balaban J connectivity index is 1.38. The number of phenols is 5. The maximum Gasteiger partial charge on any atom is 0.200 e. The average Bonchev–Trinajstić information content (AvgIpc) is 2.82. The van der Waals surface area contributed by atoms with Crippen LogP contribution in [0.5, 0.6) is 40.2 Å². The van der Waals surface area contributed by atoms with Crippen molar-refractivity contribution in [1.29, 1.82) is 0 Å². The molecule has 0 aliphatic carbocycles. The van der Waals surface area contributed by atoms with Gasteiger partial charge in [0, 0.05) is 0 Å². The number of phenolic OH excluding ortho intramolecular Hbond substituents is 5. The number of hydrogen-bond donors (Lipinski definition) is 5. The van der Waals surface area contributed by atoms with Crippen LogP contribution in [0.15, 0.2) is 78.9 Å². The third kappa shape index (κ3) is 5.72. The average molecular weight is 459 g/mol.